The molecule has 0 saturated carbocycles. The topological polar surface area (TPSA) is 105 Å². The van der Waals surface area contributed by atoms with Crippen LogP contribution in [0.25, 0.3) is 0 Å². The van der Waals surface area contributed by atoms with Crippen LogP contribution in [0.1, 0.15) is 6.42 Å². The number of nitro benzene ring substituents is 1. The summed E-state index contributed by atoms with van der Waals surface area (Å²) in [6.07, 6.45) is -0.439. The van der Waals surface area contributed by atoms with Gasteiger partial charge in [-0.1, -0.05) is 0 Å². The van der Waals surface area contributed by atoms with Crippen molar-refractivity contribution in [1.29, 1.82) is 5.26 Å². The van der Waals surface area contributed by atoms with Gasteiger partial charge in [0.25, 0.3) is 5.69 Å². The third kappa shape index (κ3) is 4.23. The van der Waals surface area contributed by atoms with Gasteiger partial charge in [0.05, 0.1) is 22.7 Å². The van der Waals surface area contributed by atoms with Gasteiger partial charge in [-0.05, 0) is 12.1 Å². The second-order valence-electron chi connectivity index (χ2n) is 4.53. The van der Waals surface area contributed by atoms with Crippen LogP contribution in [-0.4, -0.2) is 10.8 Å². The molecule has 0 unspecified atom stereocenters. The zero-order valence-corrected chi connectivity index (χ0v) is 12.0. The molecule has 0 spiro atoms. The molecule has 0 saturated heterocycles. The Morgan fingerprint density at radius 2 is 2.04 bits per heavy atom. The van der Waals surface area contributed by atoms with Gasteiger partial charge in [0, 0.05) is 18.2 Å². The highest BCUT2D eigenvalue weighted by Gasteiger charge is 2.14. The number of benzene rings is 2. The van der Waals surface area contributed by atoms with E-state index in [0.717, 1.165) is 24.3 Å². The fourth-order valence-electron chi connectivity index (χ4n) is 1.78. The number of ether oxygens (including phenoxy) is 1. The molecule has 0 aliphatic carbocycles. The molecule has 2 aromatic carbocycles. The molecule has 0 atom stereocenters. The lowest BCUT2D eigenvalue weighted by Gasteiger charge is -2.09. The Morgan fingerprint density at radius 1 is 1.29 bits per heavy atom. The first kappa shape index (κ1) is 16.8. The van der Waals surface area contributed by atoms with Gasteiger partial charge in [-0.2, -0.15) is 5.26 Å². The molecule has 7 nitrogen and oxygen atoms in total. The Hall–Kier alpha value is -3.54. The summed E-state index contributed by atoms with van der Waals surface area (Å²) < 4.78 is 31.7. The molecule has 122 valence electrons. The van der Waals surface area contributed by atoms with Crippen LogP contribution in [0.3, 0.4) is 0 Å². The number of hydrogen-bond acceptors (Lipinski definition) is 5. The van der Waals surface area contributed by atoms with E-state index in [2.05, 4.69) is 5.32 Å². The van der Waals surface area contributed by atoms with Gasteiger partial charge >= 0.3 is 0 Å². The lowest BCUT2D eigenvalue weighted by Crippen LogP contribution is -2.10. The highest BCUT2D eigenvalue weighted by atomic mass is 19.1. The molecule has 0 aliphatic heterocycles. The number of nitrogens with zero attached hydrogens (tertiary/aromatic N) is 2. The van der Waals surface area contributed by atoms with Gasteiger partial charge < -0.3 is 10.1 Å². The maximum Gasteiger partial charge on any atom is 0.275 e. The number of rotatable bonds is 5. The Bertz CT molecular complexity index is 849. The van der Waals surface area contributed by atoms with E-state index in [1.807, 2.05) is 0 Å². The zero-order chi connectivity index (χ0) is 17.7. The Kier molecular flexibility index (Phi) is 5.01. The Balaban J connectivity index is 2.34. The molecule has 9 heteroatoms. The predicted octanol–water partition coefficient (Wildman–Crippen LogP) is 3.52. The molecular weight excluding hydrogens is 324 g/mol. The third-order valence-electron chi connectivity index (χ3n) is 2.75. The van der Waals surface area contributed by atoms with Crippen LogP contribution in [0.5, 0.6) is 11.5 Å². The number of hydrogen-bond donors (Lipinski definition) is 1. The minimum Gasteiger partial charge on any atom is -0.454 e. The quantitative estimate of drug-likeness (QED) is 0.666. The van der Waals surface area contributed by atoms with Crippen molar-refractivity contribution in [3.8, 4) is 17.6 Å². The lowest BCUT2D eigenvalue weighted by molar-refractivity contribution is -0.384. The first-order valence-electron chi connectivity index (χ1n) is 6.48. The molecule has 0 heterocycles. The molecule has 1 N–H and O–H groups in total. The number of carbonyl (C=O) groups is 1. The zero-order valence-electron chi connectivity index (χ0n) is 12.0. The first-order chi connectivity index (χ1) is 11.4. The van der Waals surface area contributed by atoms with Crippen LogP contribution in [0.15, 0.2) is 36.4 Å². The van der Waals surface area contributed by atoms with Gasteiger partial charge in [0.15, 0.2) is 11.6 Å². The number of carbonyl (C=O) groups excluding carboxylic acids is 1. The van der Waals surface area contributed by atoms with E-state index >= 15 is 0 Å². The van der Waals surface area contributed by atoms with Crippen LogP contribution in [-0.2, 0) is 4.79 Å². The summed E-state index contributed by atoms with van der Waals surface area (Å²) >= 11 is 0. The number of halogens is 2. The minimum absolute atomic E-state index is 0.00182. The number of nitriles is 1. The largest absolute Gasteiger partial charge is 0.454 e. The lowest BCUT2D eigenvalue weighted by atomic mass is 10.2. The van der Waals surface area contributed by atoms with Crippen molar-refractivity contribution in [2.75, 3.05) is 5.32 Å². The standard InChI is InChI=1S/C15H9F2N3O4/c16-9-1-2-14(13(17)5-9)24-12-7-10(19-15(21)3-4-18)6-11(8-12)20(22)23/h1-2,5-8H,3H2,(H,19,21). The van der Waals surface area contributed by atoms with E-state index < -0.39 is 34.6 Å². The molecule has 0 fully saturated rings. The van der Waals surface area contributed by atoms with Crippen molar-refractivity contribution in [3.63, 3.8) is 0 Å². The maximum atomic E-state index is 13.6. The summed E-state index contributed by atoms with van der Waals surface area (Å²) in [7, 11) is 0. The Labute approximate surface area is 134 Å². The van der Waals surface area contributed by atoms with Gasteiger partial charge in [0.1, 0.15) is 18.0 Å². The minimum atomic E-state index is -0.989. The molecule has 24 heavy (non-hydrogen) atoms. The van der Waals surface area contributed by atoms with E-state index in [4.69, 9.17) is 10.00 Å². The first-order valence-corrected chi connectivity index (χ1v) is 6.48. The molecular formula is C15H9F2N3O4. The highest BCUT2D eigenvalue weighted by molar-refractivity contribution is 5.92. The maximum absolute atomic E-state index is 13.6. The number of nitro groups is 1. The summed E-state index contributed by atoms with van der Waals surface area (Å²) in [4.78, 5) is 21.6. The smallest absolute Gasteiger partial charge is 0.275 e. The van der Waals surface area contributed by atoms with E-state index in [0.29, 0.717) is 6.07 Å². The van der Waals surface area contributed by atoms with Crippen molar-refractivity contribution < 1.29 is 23.2 Å². The van der Waals surface area contributed by atoms with Crippen LogP contribution in [0.4, 0.5) is 20.2 Å². The number of nitrogens with one attached hydrogen (secondary N) is 1. The second kappa shape index (κ2) is 7.15. The number of anilines is 1. The van der Waals surface area contributed by atoms with E-state index in [1.54, 1.807) is 6.07 Å². The summed E-state index contributed by atoms with van der Waals surface area (Å²) in [5.74, 6) is -2.94. The van der Waals surface area contributed by atoms with Crippen molar-refractivity contribution in [2.45, 2.75) is 6.42 Å². The van der Waals surface area contributed by atoms with E-state index in [9.17, 15) is 23.7 Å². The Morgan fingerprint density at radius 3 is 2.67 bits per heavy atom. The summed E-state index contributed by atoms with van der Waals surface area (Å²) in [5.41, 5.74) is -0.413. The summed E-state index contributed by atoms with van der Waals surface area (Å²) in [6, 6.07) is 7.51. The summed E-state index contributed by atoms with van der Waals surface area (Å²) in [5, 5.41) is 21.7. The molecule has 2 rings (SSSR count). The molecule has 0 aromatic heterocycles. The fraction of sp³-hybridized carbons (Fsp3) is 0.0667. The van der Waals surface area contributed by atoms with Gasteiger partial charge in [-0.3, -0.25) is 14.9 Å². The van der Waals surface area contributed by atoms with Crippen molar-refractivity contribution in [1.82, 2.24) is 0 Å². The summed E-state index contributed by atoms with van der Waals surface area (Å²) in [6.45, 7) is 0. The monoisotopic (exact) mass is 333 g/mol. The van der Waals surface area contributed by atoms with Crippen LogP contribution >= 0.6 is 0 Å². The molecule has 0 aliphatic rings. The third-order valence-corrected chi connectivity index (χ3v) is 2.75. The van der Waals surface area contributed by atoms with E-state index in [1.165, 1.54) is 6.07 Å². The van der Waals surface area contributed by atoms with Crippen LogP contribution in [0, 0.1) is 33.1 Å². The molecule has 0 radical (unpaired) electrons. The average molecular weight is 333 g/mol. The normalized spacial score (nSPS) is 9.88. The van der Waals surface area contributed by atoms with Crippen molar-refractivity contribution in [3.05, 3.63) is 58.1 Å². The van der Waals surface area contributed by atoms with Gasteiger partial charge in [-0.15, -0.1) is 0 Å². The number of amides is 1. The van der Waals surface area contributed by atoms with Crippen molar-refractivity contribution >= 4 is 17.3 Å². The molecule has 1 amide bonds. The van der Waals surface area contributed by atoms with Crippen molar-refractivity contribution in [2.24, 2.45) is 0 Å². The van der Waals surface area contributed by atoms with Crippen LogP contribution in [0.2, 0.25) is 0 Å². The molecule has 2 aromatic rings. The number of non-ortho nitro benzene ring substituents is 1. The second-order valence-corrected chi connectivity index (χ2v) is 4.53. The average Bonchev–Trinajstić information content (AvgIpc) is 2.50. The fourth-order valence-corrected chi connectivity index (χ4v) is 1.78. The van der Waals surface area contributed by atoms with Gasteiger partial charge in [0.2, 0.25) is 5.91 Å². The highest BCUT2D eigenvalue weighted by Crippen LogP contribution is 2.31. The molecule has 0 bridgehead atoms. The van der Waals surface area contributed by atoms with E-state index in [-0.39, 0.29) is 17.2 Å². The van der Waals surface area contributed by atoms with Crippen LogP contribution < -0.4 is 10.1 Å². The SMILES string of the molecule is N#CCC(=O)Nc1cc(Oc2ccc(F)cc2F)cc([N+](=O)[O-])c1. The predicted molar refractivity (Wildman–Crippen MR) is 78.4 cm³/mol. The van der Waals surface area contributed by atoms with Gasteiger partial charge in [-0.25, -0.2) is 8.78 Å².